The van der Waals surface area contributed by atoms with Crippen LogP contribution in [0.4, 0.5) is 0 Å². The molecule has 4 aromatic rings. The summed E-state index contributed by atoms with van der Waals surface area (Å²) in [4.78, 5) is 12.6. The van der Waals surface area contributed by atoms with Crippen molar-refractivity contribution in [3.05, 3.63) is 101 Å². The Bertz CT molecular complexity index is 1160. The number of para-hydroxylation sites is 1. The Morgan fingerprint density at radius 1 is 0.968 bits per heavy atom. The third-order valence-corrected chi connectivity index (χ3v) is 5.78. The van der Waals surface area contributed by atoms with Gasteiger partial charge in [0.05, 0.1) is 5.75 Å². The number of aromatic nitrogens is 3. The molecule has 0 saturated heterocycles. The lowest BCUT2D eigenvalue weighted by Crippen LogP contribution is -2.08. The van der Waals surface area contributed by atoms with Gasteiger partial charge in [-0.25, -0.2) is 0 Å². The van der Waals surface area contributed by atoms with Gasteiger partial charge in [-0.2, -0.15) is 0 Å². The Balaban J connectivity index is 1.53. The Labute approximate surface area is 190 Å². The quantitative estimate of drug-likeness (QED) is 0.252. The van der Waals surface area contributed by atoms with Crippen molar-refractivity contribution in [3.8, 4) is 11.4 Å². The molecule has 0 saturated carbocycles. The first kappa shape index (κ1) is 21.2. The van der Waals surface area contributed by atoms with Crippen molar-refractivity contribution < 1.29 is 9.53 Å². The largest absolute Gasteiger partial charge is 0.486 e. The van der Waals surface area contributed by atoms with E-state index in [9.17, 15) is 4.79 Å². The molecule has 1 heterocycles. The summed E-state index contributed by atoms with van der Waals surface area (Å²) in [5, 5.41) is 9.89. The lowest BCUT2D eigenvalue weighted by atomic mass is 10.1. The van der Waals surface area contributed by atoms with E-state index >= 15 is 0 Å². The summed E-state index contributed by atoms with van der Waals surface area (Å²) in [5.74, 6) is 1.67. The molecule has 0 fully saturated rings. The molecule has 0 aliphatic heterocycles. The number of halogens is 1. The highest BCUT2D eigenvalue weighted by molar-refractivity contribution is 7.99. The Morgan fingerprint density at radius 3 is 2.39 bits per heavy atom. The highest BCUT2D eigenvalue weighted by Crippen LogP contribution is 2.24. The molecule has 7 heteroatoms. The third-order valence-electron chi connectivity index (χ3n) is 4.60. The second kappa shape index (κ2) is 9.81. The van der Waals surface area contributed by atoms with Crippen LogP contribution in [0, 0.1) is 6.92 Å². The van der Waals surface area contributed by atoms with E-state index in [0.717, 1.165) is 11.4 Å². The number of carbonyl (C=O) groups excluding carboxylic acids is 1. The van der Waals surface area contributed by atoms with Gasteiger partial charge in [0.15, 0.2) is 16.8 Å². The van der Waals surface area contributed by atoms with E-state index in [1.54, 1.807) is 24.3 Å². The highest BCUT2D eigenvalue weighted by Gasteiger charge is 2.17. The predicted octanol–water partition coefficient (Wildman–Crippen LogP) is 5.78. The summed E-state index contributed by atoms with van der Waals surface area (Å²) in [5.41, 5.74) is 2.70. The standard InChI is InChI=1S/C24H20ClN3O2S/c1-17-7-13-21(14-8-17)30-15-23-26-27-24(28(23)20-5-3-2-4-6-20)31-16-22(29)18-9-11-19(25)12-10-18/h2-14H,15-16H2,1H3. The zero-order chi connectivity index (χ0) is 21.6. The maximum atomic E-state index is 12.6. The molecule has 0 N–H and O–H groups in total. The van der Waals surface area contributed by atoms with E-state index < -0.39 is 0 Å². The van der Waals surface area contributed by atoms with Gasteiger partial charge in [-0.05, 0) is 55.5 Å². The van der Waals surface area contributed by atoms with Crippen LogP contribution in [0.3, 0.4) is 0 Å². The number of nitrogens with zero attached hydrogens (tertiary/aromatic N) is 3. The van der Waals surface area contributed by atoms with E-state index in [1.807, 2.05) is 66.1 Å². The Morgan fingerprint density at radius 2 is 1.68 bits per heavy atom. The van der Waals surface area contributed by atoms with Gasteiger partial charge < -0.3 is 4.74 Å². The van der Waals surface area contributed by atoms with Crippen LogP contribution in [-0.4, -0.2) is 26.3 Å². The molecule has 0 aliphatic carbocycles. The van der Waals surface area contributed by atoms with Crippen molar-refractivity contribution in [1.82, 2.24) is 14.8 Å². The second-order valence-corrected chi connectivity index (χ2v) is 8.27. The molecule has 0 atom stereocenters. The molecule has 4 rings (SSSR count). The van der Waals surface area contributed by atoms with E-state index in [-0.39, 0.29) is 18.1 Å². The van der Waals surface area contributed by atoms with Crippen LogP contribution >= 0.6 is 23.4 Å². The molecular formula is C24H20ClN3O2S. The van der Waals surface area contributed by atoms with Gasteiger partial charge in [0.25, 0.3) is 0 Å². The van der Waals surface area contributed by atoms with Crippen molar-refractivity contribution >= 4 is 29.1 Å². The number of Topliss-reactive ketones (excluding diaryl/α,β-unsaturated/α-hetero) is 1. The molecule has 31 heavy (non-hydrogen) atoms. The van der Waals surface area contributed by atoms with Crippen molar-refractivity contribution in [1.29, 1.82) is 0 Å². The molecule has 3 aromatic carbocycles. The van der Waals surface area contributed by atoms with E-state index in [1.165, 1.54) is 17.3 Å². The van der Waals surface area contributed by atoms with Crippen LogP contribution in [0.15, 0.2) is 84.0 Å². The minimum Gasteiger partial charge on any atom is -0.486 e. The Hall–Kier alpha value is -3.09. The van der Waals surface area contributed by atoms with Gasteiger partial charge in [0.2, 0.25) is 0 Å². The minimum absolute atomic E-state index is 0.00161. The number of rotatable bonds is 8. The third kappa shape index (κ3) is 5.34. The molecular weight excluding hydrogens is 430 g/mol. The molecule has 0 amide bonds. The van der Waals surface area contributed by atoms with Crippen LogP contribution in [0.25, 0.3) is 5.69 Å². The summed E-state index contributed by atoms with van der Waals surface area (Å²) in [6.45, 7) is 2.29. The molecule has 0 bridgehead atoms. The molecule has 5 nitrogen and oxygen atoms in total. The van der Waals surface area contributed by atoms with Crippen LogP contribution in [0.5, 0.6) is 5.75 Å². The van der Waals surface area contributed by atoms with Gasteiger partial charge in [-0.15, -0.1) is 10.2 Å². The molecule has 0 radical (unpaired) electrons. The molecule has 156 valence electrons. The van der Waals surface area contributed by atoms with Crippen LogP contribution in [0.1, 0.15) is 21.7 Å². The number of hydrogen-bond acceptors (Lipinski definition) is 5. The number of ketones is 1. The van der Waals surface area contributed by atoms with E-state index in [4.69, 9.17) is 16.3 Å². The fourth-order valence-corrected chi connectivity index (χ4v) is 3.95. The summed E-state index contributed by atoms with van der Waals surface area (Å²) in [7, 11) is 0. The van der Waals surface area contributed by atoms with Gasteiger partial charge in [-0.3, -0.25) is 9.36 Å². The lowest BCUT2D eigenvalue weighted by molar-refractivity contribution is 0.102. The number of benzene rings is 3. The van der Waals surface area contributed by atoms with Crippen molar-refractivity contribution in [2.75, 3.05) is 5.75 Å². The second-order valence-electron chi connectivity index (χ2n) is 6.89. The number of carbonyl (C=O) groups is 1. The maximum absolute atomic E-state index is 12.6. The molecule has 0 aliphatic rings. The molecule has 0 unspecified atom stereocenters. The normalized spacial score (nSPS) is 10.8. The first-order valence-corrected chi connectivity index (χ1v) is 11.1. The minimum atomic E-state index is 0.00161. The molecule has 1 aromatic heterocycles. The predicted molar refractivity (Wildman–Crippen MR) is 123 cm³/mol. The van der Waals surface area contributed by atoms with Crippen molar-refractivity contribution in [3.63, 3.8) is 0 Å². The monoisotopic (exact) mass is 449 g/mol. The summed E-state index contributed by atoms with van der Waals surface area (Å²) < 4.78 is 7.84. The van der Waals surface area contributed by atoms with Crippen molar-refractivity contribution in [2.24, 2.45) is 0 Å². The summed E-state index contributed by atoms with van der Waals surface area (Å²) in [6, 6.07) is 24.6. The van der Waals surface area contributed by atoms with Crippen LogP contribution in [-0.2, 0) is 6.61 Å². The SMILES string of the molecule is Cc1ccc(OCc2nnc(SCC(=O)c3ccc(Cl)cc3)n2-c2ccccc2)cc1. The Kier molecular flexibility index (Phi) is 6.70. The topological polar surface area (TPSA) is 57.0 Å². The summed E-state index contributed by atoms with van der Waals surface area (Å²) >= 11 is 7.26. The number of ether oxygens (including phenoxy) is 1. The summed E-state index contributed by atoms with van der Waals surface area (Å²) in [6.07, 6.45) is 0. The van der Waals surface area contributed by atoms with Crippen LogP contribution in [0.2, 0.25) is 5.02 Å². The van der Waals surface area contributed by atoms with E-state index in [0.29, 0.717) is 21.6 Å². The fraction of sp³-hybridized carbons (Fsp3) is 0.125. The van der Waals surface area contributed by atoms with Crippen molar-refractivity contribution in [2.45, 2.75) is 18.7 Å². The number of hydrogen-bond donors (Lipinski definition) is 0. The zero-order valence-corrected chi connectivity index (χ0v) is 18.4. The average Bonchev–Trinajstić information content (AvgIpc) is 3.21. The fourth-order valence-electron chi connectivity index (χ4n) is 2.96. The molecule has 0 spiro atoms. The van der Waals surface area contributed by atoms with Gasteiger partial charge in [0, 0.05) is 16.3 Å². The smallest absolute Gasteiger partial charge is 0.196 e. The maximum Gasteiger partial charge on any atom is 0.196 e. The number of aryl methyl sites for hydroxylation is 1. The zero-order valence-electron chi connectivity index (χ0n) is 16.9. The van der Waals surface area contributed by atoms with Gasteiger partial charge in [0.1, 0.15) is 12.4 Å². The highest BCUT2D eigenvalue weighted by atomic mass is 35.5. The van der Waals surface area contributed by atoms with E-state index in [2.05, 4.69) is 10.2 Å². The van der Waals surface area contributed by atoms with Gasteiger partial charge in [-0.1, -0.05) is 59.3 Å². The average molecular weight is 450 g/mol. The number of thioether (sulfide) groups is 1. The van der Waals surface area contributed by atoms with Crippen LogP contribution < -0.4 is 4.74 Å². The first-order chi connectivity index (χ1) is 15.1. The lowest BCUT2D eigenvalue weighted by Gasteiger charge is -2.11. The first-order valence-electron chi connectivity index (χ1n) is 9.71. The van der Waals surface area contributed by atoms with Gasteiger partial charge >= 0.3 is 0 Å².